The predicted octanol–water partition coefficient (Wildman–Crippen LogP) is 2.75. The number of benzene rings is 2. The van der Waals surface area contributed by atoms with Crippen molar-refractivity contribution in [3.8, 4) is 17.2 Å². The molecule has 34 heavy (non-hydrogen) atoms. The summed E-state index contributed by atoms with van der Waals surface area (Å²) in [6.07, 6.45) is -0.677. The summed E-state index contributed by atoms with van der Waals surface area (Å²) in [5.41, 5.74) is 1.30. The molecular formula is C25H36N2O6S. The number of sulfonamides is 1. The van der Waals surface area contributed by atoms with Crippen molar-refractivity contribution in [2.24, 2.45) is 0 Å². The van der Waals surface area contributed by atoms with E-state index >= 15 is 0 Å². The van der Waals surface area contributed by atoms with Crippen molar-refractivity contribution in [3.05, 3.63) is 48.0 Å². The van der Waals surface area contributed by atoms with Gasteiger partial charge in [-0.25, -0.2) is 8.42 Å². The predicted molar refractivity (Wildman–Crippen MR) is 131 cm³/mol. The standard InChI is InChI=1S/C25H36N2O6S/c1-25(2,3)19-6-8-21(9-7-19)33-18-20(28)17-26-12-14-27(15-13-26)34(29,30)24-16-22(31-4)10-11-23(24)32-5/h6-11,16,20,28H,12-15,17-18H2,1-5H3. The summed E-state index contributed by atoms with van der Waals surface area (Å²) >= 11 is 0. The number of piperazine rings is 1. The molecule has 0 bridgehead atoms. The van der Waals surface area contributed by atoms with Gasteiger partial charge in [-0.2, -0.15) is 4.31 Å². The van der Waals surface area contributed by atoms with Crippen molar-refractivity contribution >= 4 is 10.0 Å². The Morgan fingerprint density at radius 3 is 2.12 bits per heavy atom. The number of methoxy groups -OCH3 is 2. The number of β-amino-alcohol motifs (C(OH)–C–C–N with tert-alkyl or cyclic N) is 1. The minimum atomic E-state index is -3.74. The highest BCUT2D eigenvalue weighted by molar-refractivity contribution is 7.89. The average Bonchev–Trinajstić information content (AvgIpc) is 2.82. The fourth-order valence-corrected chi connectivity index (χ4v) is 5.46. The Balaban J connectivity index is 1.52. The van der Waals surface area contributed by atoms with Crippen LogP contribution in [0.25, 0.3) is 0 Å². The van der Waals surface area contributed by atoms with Gasteiger partial charge in [0, 0.05) is 38.8 Å². The Labute approximate surface area is 203 Å². The molecule has 3 rings (SSSR count). The fraction of sp³-hybridized carbons (Fsp3) is 0.520. The molecule has 0 saturated carbocycles. The van der Waals surface area contributed by atoms with E-state index in [-0.39, 0.29) is 22.7 Å². The second kappa shape index (κ2) is 10.9. The van der Waals surface area contributed by atoms with Crippen molar-refractivity contribution in [1.82, 2.24) is 9.21 Å². The lowest BCUT2D eigenvalue weighted by molar-refractivity contribution is 0.0569. The molecule has 1 saturated heterocycles. The van der Waals surface area contributed by atoms with E-state index in [0.717, 1.165) is 5.75 Å². The third kappa shape index (κ3) is 6.41. The quantitative estimate of drug-likeness (QED) is 0.576. The highest BCUT2D eigenvalue weighted by atomic mass is 32.2. The minimum absolute atomic E-state index is 0.0748. The van der Waals surface area contributed by atoms with E-state index in [1.807, 2.05) is 29.2 Å². The highest BCUT2D eigenvalue weighted by Crippen LogP contribution is 2.31. The van der Waals surface area contributed by atoms with Crippen LogP contribution in [-0.2, 0) is 15.4 Å². The van der Waals surface area contributed by atoms with E-state index < -0.39 is 16.1 Å². The second-order valence-electron chi connectivity index (χ2n) is 9.46. The molecule has 1 aliphatic heterocycles. The van der Waals surface area contributed by atoms with E-state index in [1.165, 1.54) is 30.2 Å². The van der Waals surface area contributed by atoms with Crippen LogP contribution in [0.3, 0.4) is 0 Å². The molecule has 1 aliphatic rings. The van der Waals surface area contributed by atoms with Crippen molar-refractivity contribution in [2.75, 3.05) is 53.6 Å². The first-order valence-corrected chi connectivity index (χ1v) is 12.8. The molecule has 188 valence electrons. The number of nitrogens with zero attached hydrogens (tertiary/aromatic N) is 2. The van der Waals surface area contributed by atoms with Gasteiger partial charge in [0.1, 0.15) is 34.9 Å². The summed E-state index contributed by atoms with van der Waals surface area (Å²) in [6, 6.07) is 12.7. The number of hydrogen-bond acceptors (Lipinski definition) is 7. The molecule has 0 radical (unpaired) electrons. The summed E-state index contributed by atoms with van der Waals surface area (Å²) < 4.78 is 44.1. The van der Waals surface area contributed by atoms with Gasteiger partial charge < -0.3 is 19.3 Å². The van der Waals surface area contributed by atoms with Gasteiger partial charge in [-0.1, -0.05) is 32.9 Å². The maximum Gasteiger partial charge on any atom is 0.246 e. The first kappa shape index (κ1) is 26.3. The molecule has 2 aromatic rings. The molecule has 9 heteroatoms. The summed E-state index contributed by atoms with van der Waals surface area (Å²) in [6.45, 7) is 8.74. The molecule has 1 fully saturated rings. The third-order valence-corrected chi connectivity index (χ3v) is 7.87. The van der Waals surface area contributed by atoms with Crippen LogP contribution in [0.15, 0.2) is 47.4 Å². The lowest BCUT2D eigenvalue weighted by Crippen LogP contribution is -2.50. The summed E-state index contributed by atoms with van der Waals surface area (Å²) in [4.78, 5) is 2.14. The molecule has 0 aliphatic carbocycles. The van der Waals surface area contributed by atoms with Gasteiger partial charge >= 0.3 is 0 Å². The fourth-order valence-electron chi connectivity index (χ4n) is 3.87. The van der Waals surface area contributed by atoms with Gasteiger partial charge in [-0.05, 0) is 35.2 Å². The summed E-state index contributed by atoms with van der Waals surface area (Å²) in [5, 5.41) is 10.4. The molecule has 2 aromatic carbocycles. The van der Waals surface area contributed by atoms with Gasteiger partial charge in [0.25, 0.3) is 0 Å². The van der Waals surface area contributed by atoms with Gasteiger partial charge in [0.2, 0.25) is 10.0 Å². The van der Waals surface area contributed by atoms with Crippen molar-refractivity contribution in [3.63, 3.8) is 0 Å². The summed E-state index contributed by atoms with van der Waals surface area (Å²) in [5.74, 6) is 1.45. The Morgan fingerprint density at radius 1 is 0.941 bits per heavy atom. The molecule has 1 atom stereocenters. The van der Waals surface area contributed by atoms with Crippen LogP contribution < -0.4 is 14.2 Å². The Kier molecular flexibility index (Phi) is 8.46. The van der Waals surface area contributed by atoms with Crippen LogP contribution in [0.2, 0.25) is 0 Å². The Morgan fingerprint density at radius 2 is 1.56 bits per heavy atom. The third-order valence-electron chi connectivity index (χ3n) is 5.95. The van der Waals surface area contributed by atoms with Crippen LogP contribution in [-0.4, -0.2) is 82.4 Å². The number of ether oxygens (including phenoxy) is 3. The zero-order valence-corrected chi connectivity index (χ0v) is 21.5. The molecule has 1 heterocycles. The topological polar surface area (TPSA) is 88.5 Å². The number of hydrogen-bond donors (Lipinski definition) is 1. The molecular weight excluding hydrogens is 456 g/mol. The zero-order valence-electron chi connectivity index (χ0n) is 20.7. The highest BCUT2D eigenvalue weighted by Gasteiger charge is 2.31. The van der Waals surface area contributed by atoms with E-state index in [9.17, 15) is 13.5 Å². The Hall–Kier alpha value is -2.33. The van der Waals surface area contributed by atoms with E-state index in [1.54, 1.807) is 12.1 Å². The largest absolute Gasteiger partial charge is 0.497 e. The van der Waals surface area contributed by atoms with E-state index in [4.69, 9.17) is 14.2 Å². The first-order chi connectivity index (χ1) is 16.0. The molecule has 0 spiro atoms. The average molecular weight is 493 g/mol. The van der Waals surface area contributed by atoms with Gasteiger partial charge in [0.15, 0.2) is 0 Å². The van der Waals surface area contributed by atoms with Crippen LogP contribution in [0.1, 0.15) is 26.3 Å². The monoisotopic (exact) mass is 492 g/mol. The lowest BCUT2D eigenvalue weighted by atomic mass is 9.87. The number of aliphatic hydroxyl groups excluding tert-OH is 1. The lowest BCUT2D eigenvalue weighted by Gasteiger charge is -2.35. The minimum Gasteiger partial charge on any atom is -0.497 e. The summed E-state index contributed by atoms with van der Waals surface area (Å²) in [7, 11) is -0.797. The first-order valence-electron chi connectivity index (χ1n) is 11.4. The SMILES string of the molecule is COc1ccc(OC)c(S(=O)(=O)N2CCN(CC(O)COc3ccc(C(C)(C)C)cc3)CC2)c1. The molecule has 0 aromatic heterocycles. The maximum absolute atomic E-state index is 13.2. The molecule has 1 unspecified atom stereocenters. The van der Waals surface area contributed by atoms with Crippen molar-refractivity contribution in [2.45, 2.75) is 37.2 Å². The van der Waals surface area contributed by atoms with Crippen LogP contribution in [0.5, 0.6) is 17.2 Å². The number of aliphatic hydroxyl groups is 1. The van der Waals surface area contributed by atoms with E-state index in [0.29, 0.717) is 38.5 Å². The normalized spacial score (nSPS) is 16.8. The van der Waals surface area contributed by atoms with Crippen LogP contribution in [0.4, 0.5) is 0 Å². The zero-order chi connectivity index (χ0) is 24.9. The smallest absolute Gasteiger partial charge is 0.246 e. The van der Waals surface area contributed by atoms with Gasteiger partial charge in [0.05, 0.1) is 14.2 Å². The van der Waals surface area contributed by atoms with E-state index in [2.05, 4.69) is 20.8 Å². The Bertz CT molecular complexity index is 1040. The number of rotatable bonds is 9. The van der Waals surface area contributed by atoms with Crippen molar-refractivity contribution < 1.29 is 27.7 Å². The van der Waals surface area contributed by atoms with Crippen LogP contribution >= 0.6 is 0 Å². The van der Waals surface area contributed by atoms with Gasteiger partial charge in [-0.15, -0.1) is 0 Å². The van der Waals surface area contributed by atoms with Crippen molar-refractivity contribution in [1.29, 1.82) is 0 Å². The molecule has 8 nitrogen and oxygen atoms in total. The second-order valence-corrected chi connectivity index (χ2v) is 11.4. The van der Waals surface area contributed by atoms with Crippen LogP contribution in [0, 0.1) is 0 Å². The molecule has 0 amide bonds. The maximum atomic E-state index is 13.2. The van der Waals surface area contributed by atoms with Gasteiger partial charge in [-0.3, -0.25) is 4.90 Å². The molecule has 1 N–H and O–H groups in total.